The molecular formula is C8H14O. The van der Waals surface area contributed by atoms with Gasteiger partial charge in [-0.05, 0) is 11.8 Å². The third kappa shape index (κ3) is 0.887. The highest BCUT2D eigenvalue weighted by Gasteiger charge is 2.44. The molecule has 0 aromatic rings. The van der Waals surface area contributed by atoms with Crippen molar-refractivity contribution >= 4 is 5.78 Å². The number of Topliss-reactive ketones (excluding diaryl/α,β-unsaturated/α-hetero) is 1. The third-order valence-corrected chi connectivity index (χ3v) is 2.37. The molecule has 0 bridgehead atoms. The first kappa shape index (κ1) is 6.79. The van der Waals surface area contributed by atoms with Crippen molar-refractivity contribution in [2.45, 2.75) is 33.6 Å². The highest BCUT2D eigenvalue weighted by atomic mass is 16.1. The molecule has 0 aromatic carbocycles. The third-order valence-electron chi connectivity index (χ3n) is 2.37. The van der Waals surface area contributed by atoms with E-state index in [0.29, 0.717) is 17.1 Å². The van der Waals surface area contributed by atoms with Crippen LogP contribution in [-0.2, 0) is 4.79 Å². The zero-order chi connectivity index (χ0) is 7.07. The van der Waals surface area contributed by atoms with E-state index in [1.54, 1.807) is 0 Å². The van der Waals surface area contributed by atoms with Crippen molar-refractivity contribution in [1.82, 2.24) is 0 Å². The molecule has 0 aromatic heterocycles. The Hall–Kier alpha value is -0.330. The van der Waals surface area contributed by atoms with Crippen LogP contribution < -0.4 is 0 Å². The molecule has 1 aliphatic rings. The Morgan fingerprint density at radius 1 is 1.67 bits per heavy atom. The van der Waals surface area contributed by atoms with Crippen molar-refractivity contribution in [2.24, 2.45) is 11.3 Å². The van der Waals surface area contributed by atoms with Gasteiger partial charge in [0.25, 0.3) is 0 Å². The van der Waals surface area contributed by atoms with Crippen LogP contribution in [0.15, 0.2) is 0 Å². The topological polar surface area (TPSA) is 17.1 Å². The summed E-state index contributed by atoms with van der Waals surface area (Å²) in [6, 6.07) is 0. The largest absolute Gasteiger partial charge is 0.299 e. The van der Waals surface area contributed by atoms with Crippen LogP contribution in [-0.4, -0.2) is 5.78 Å². The molecule has 1 aliphatic carbocycles. The monoisotopic (exact) mass is 126 g/mol. The molecule has 0 radical (unpaired) electrons. The second-order valence-electron chi connectivity index (χ2n) is 3.59. The normalized spacial score (nSPS) is 31.9. The molecule has 1 atom stereocenters. The fourth-order valence-corrected chi connectivity index (χ4v) is 1.78. The smallest absolute Gasteiger partial charge is 0.137 e. The Labute approximate surface area is 56.4 Å². The molecule has 1 fully saturated rings. The van der Waals surface area contributed by atoms with Crippen LogP contribution in [0, 0.1) is 11.3 Å². The summed E-state index contributed by atoms with van der Waals surface area (Å²) in [6.07, 6.45) is 1.82. The van der Waals surface area contributed by atoms with Gasteiger partial charge in [0, 0.05) is 12.3 Å². The Morgan fingerprint density at radius 2 is 2.22 bits per heavy atom. The first-order valence-electron chi connectivity index (χ1n) is 3.60. The minimum Gasteiger partial charge on any atom is -0.299 e. The number of hydrogen-bond acceptors (Lipinski definition) is 1. The summed E-state index contributed by atoms with van der Waals surface area (Å²) in [6.45, 7) is 6.43. The molecule has 0 amide bonds. The average molecular weight is 126 g/mol. The second-order valence-corrected chi connectivity index (χ2v) is 3.59. The first-order chi connectivity index (χ1) is 4.08. The predicted octanol–water partition coefficient (Wildman–Crippen LogP) is 2.01. The van der Waals surface area contributed by atoms with Crippen LogP contribution >= 0.6 is 0 Å². The van der Waals surface area contributed by atoms with Gasteiger partial charge in [-0.3, -0.25) is 4.79 Å². The Kier molecular flexibility index (Phi) is 1.38. The zero-order valence-corrected chi connectivity index (χ0v) is 6.40. The number of carbonyl (C=O) groups excluding carboxylic acids is 1. The van der Waals surface area contributed by atoms with Crippen molar-refractivity contribution in [3.8, 4) is 0 Å². The lowest BCUT2D eigenvalue weighted by molar-refractivity contribution is -0.140. The first-order valence-corrected chi connectivity index (χ1v) is 3.60. The fourth-order valence-electron chi connectivity index (χ4n) is 1.78. The number of carbonyl (C=O) groups is 1. The molecule has 0 N–H and O–H groups in total. The maximum absolute atomic E-state index is 10.9. The van der Waals surface area contributed by atoms with Gasteiger partial charge >= 0.3 is 0 Å². The fraction of sp³-hybridized carbons (Fsp3) is 0.875. The summed E-state index contributed by atoms with van der Waals surface area (Å²) in [7, 11) is 0. The molecule has 1 heteroatoms. The predicted molar refractivity (Wildman–Crippen MR) is 37.2 cm³/mol. The van der Waals surface area contributed by atoms with E-state index < -0.39 is 0 Å². The zero-order valence-electron chi connectivity index (χ0n) is 6.40. The molecule has 1 unspecified atom stereocenters. The lowest BCUT2D eigenvalue weighted by atomic mass is 9.61. The van der Waals surface area contributed by atoms with Gasteiger partial charge < -0.3 is 0 Å². The second kappa shape index (κ2) is 1.83. The Morgan fingerprint density at radius 3 is 2.33 bits per heavy atom. The quantitative estimate of drug-likeness (QED) is 0.525. The Bertz CT molecular complexity index is 136. The molecule has 1 saturated carbocycles. The van der Waals surface area contributed by atoms with Gasteiger partial charge in [-0.15, -0.1) is 0 Å². The lowest BCUT2D eigenvalue weighted by Crippen LogP contribution is -2.43. The van der Waals surface area contributed by atoms with Gasteiger partial charge in [-0.2, -0.15) is 0 Å². The summed E-state index contributed by atoms with van der Waals surface area (Å²) in [4.78, 5) is 10.9. The minimum absolute atomic E-state index is 0.311. The van der Waals surface area contributed by atoms with Gasteiger partial charge in [0.05, 0.1) is 0 Å². The van der Waals surface area contributed by atoms with Crippen LogP contribution in [0.2, 0.25) is 0 Å². The van der Waals surface area contributed by atoms with Crippen LogP contribution in [0.25, 0.3) is 0 Å². The van der Waals surface area contributed by atoms with Crippen LogP contribution in [0.5, 0.6) is 0 Å². The van der Waals surface area contributed by atoms with Crippen LogP contribution in [0.1, 0.15) is 33.6 Å². The Balaban J connectivity index is 2.58. The molecule has 0 saturated heterocycles. The number of hydrogen-bond donors (Lipinski definition) is 0. The minimum atomic E-state index is 0.311. The van der Waals surface area contributed by atoms with E-state index in [2.05, 4.69) is 20.8 Å². The summed E-state index contributed by atoms with van der Waals surface area (Å²) in [5.41, 5.74) is 0.311. The summed E-state index contributed by atoms with van der Waals surface area (Å²) >= 11 is 0. The standard InChI is InChI=1S/C8H14O/c1-4-6-7(9)5-8(6,2)3/h6H,4-5H2,1-3H3. The highest BCUT2D eigenvalue weighted by molar-refractivity contribution is 5.88. The molecule has 1 rings (SSSR count). The van der Waals surface area contributed by atoms with Crippen LogP contribution in [0.4, 0.5) is 0 Å². The van der Waals surface area contributed by atoms with E-state index in [4.69, 9.17) is 0 Å². The summed E-state index contributed by atoms with van der Waals surface area (Å²) < 4.78 is 0. The molecular weight excluding hydrogens is 112 g/mol. The van der Waals surface area contributed by atoms with Crippen LogP contribution in [0.3, 0.4) is 0 Å². The van der Waals surface area contributed by atoms with Gasteiger partial charge in [0.15, 0.2) is 0 Å². The van der Waals surface area contributed by atoms with E-state index in [9.17, 15) is 4.79 Å². The van der Waals surface area contributed by atoms with Gasteiger partial charge in [-0.1, -0.05) is 20.8 Å². The van der Waals surface area contributed by atoms with Crippen molar-refractivity contribution in [1.29, 1.82) is 0 Å². The summed E-state index contributed by atoms with van der Waals surface area (Å²) in [5, 5.41) is 0. The molecule has 0 heterocycles. The summed E-state index contributed by atoms with van der Waals surface area (Å²) in [5.74, 6) is 0.819. The highest BCUT2D eigenvalue weighted by Crippen LogP contribution is 2.44. The number of ketones is 1. The van der Waals surface area contributed by atoms with Crippen molar-refractivity contribution in [2.75, 3.05) is 0 Å². The van der Waals surface area contributed by atoms with E-state index >= 15 is 0 Å². The lowest BCUT2D eigenvalue weighted by Gasteiger charge is -2.42. The maximum Gasteiger partial charge on any atom is 0.137 e. The van der Waals surface area contributed by atoms with Gasteiger partial charge in [-0.25, -0.2) is 0 Å². The molecule has 52 valence electrons. The van der Waals surface area contributed by atoms with Crippen molar-refractivity contribution < 1.29 is 4.79 Å². The SMILES string of the molecule is CCC1C(=O)CC1(C)C. The van der Waals surface area contributed by atoms with Crippen molar-refractivity contribution in [3.63, 3.8) is 0 Å². The van der Waals surface area contributed by atoms with Gasteiger partial charge in [0.1, 0.15) is 5.78 Å². The van der Waals surface area contributed by atoms with E-state index in [1.165, 1.54) is 0 Å². The molecule has 0 spiro atoms. The van der Waals surface area contributed by atoms with E-state index in [0.717, 1.165) is 12.8 Å². The van der Waals surface area contributed by atoms with E-state index in [1.807, 2.05) is 0 Å². The van der Waals surface area contributed by atoms with E-state index in [-0.39, 0.29) is 0 Å². The van der Waals surface area contributed by atoms with Crippen molar-refractivity contribution in [3.05, 3.63) is 0 Å². The molecule has 1 nitrogen and oxygen atoms in total. The van der Waals surface area contributed by atoms with Gasteiger partial charge in [0.2, 0.25) is 0 Å². The maximum atomic E-state index is 10.9. The molecule has 0 aliphatic heterocycles. The average Bonchev–Trinajstić information content (AvgIpc) is 1.63. The number of rotatable bonds is 1. The molecule has 9 heavy (non-hydrogen) atoms.